The van der Waals surface area contributed by atoms with E-state index in [1.807, 2.05) is 44.2 Å². The Hall–Kier alpha value is -2.38. The molecule has 0 unspecified atom stereocenters. The number of ether oxygens (including phenoxy) is 1. The third-order valence-electron chi connectivity index (χ3n) is 5.14. The van der Waals surface area contributed by atoms with Gasteiger partial charge in [0.2, 0.25) is 15.9 Å². The van der Waals surface area contributed by atoms with E-state index in [0.29, 0.717) is 31.7 Å². The van der Waals surface area contributed by atoms with E-state index in [2.05, 4.69) is 5.32 Å². The molecule has 0 aliphatic carbocycles. The second-order valence-electron chi connectivity index (χ2n) is 7.12. The summed E-state index contributed by atoms with van der Waals surface area (Å²) in [7, 11) is -2.02. The predicted octanol–water partition coefficient (Wildman–Crippen LogP) is 3.35. The van der Waals surface area contributed by atoms with E-state index in [-0.39, 0.29) is 16.7 Å². The molecule has 1 N–H and O–H groups in total. The van der Waals surface area contributed by atoms with Crippen molar-refractivity contribution < 1.29 is 17.9 Å². The SMILES string of the molecule is COc1c(C)cc(S(=O)(=O)N2CCC(C(=O)Nc3ccccc3)CC2)cc1C. The van der Waals surface area contributed by atoms with E-state index in [1.165, 1.54) is 4.31 Å². The zero-order valence-corrected chi connectivity index (χ0v) is 17.3. The van der Waals surface area contributed by atoms with Crippen LogP contribution in [-0.2, 0) is 14.8 Å². The molecular formula is C21H26N2O4S. The van der Waals surface area contributed by atoms with E-state index in [9.17, 15) is 13.2 Å². The first-order valence-corrected chi connectivity index (χ1v) is 10.8. The highest BCUT2D eigenvalue weighted by atomic mass is 32.2. The summed E-state index contributed by atoms with van der Waals surface area (Å²) < 4.78 is 32.9. The van der Waals surface area contributed by atoms with Gasteiger partial charge in [0, 0.05) is 24.7 Å². The molecule has 1 aliphatic rings. The van der Waals surface area contributed by atoms with Crippen molar-refractivity contribution in [2.75, 3.05) is 25.5 Å². The first-order chi connectivity index (χ1) is 13.3. The van der Waals surface area contributed by atoms with Gasteiger partial charge in [-0.05, 0) is 62.1 Å². The summed E-state index contributed by atoms with van der Waals surface area (Å²) in [4.78, 5) is 12.7. The first-order valence-electron chi connectivity index (χ1n) is 9.34. The molecule has 3 rings (SSSR count). The van der Waals surface area contributed by atoms with Gasteiger partial charge >= 0.3 is 0 Å². The number of sulfonamides is 1. The maximum atomic E-state index is 13.0. The van der Waals surface area contributed by atoms with Crippen LogP contribution < -0.4 is 10.1 Å². The number of amides is 1. The summed E-state index contributed by atoms with van der Waals surface area (Å²) in [5, 5.41) is 2.90. The second-order valence-corrected chi connectivity index (χ2v) is 9.06. The number of benzene rings is 2. The number of piperidine rings is 1. The summed E-state index contributed by atoms with van der Waals surface area (Å²) in [6, 6.07) is 12.6. The van der Waals surface area contributed by atoms with Gasteiger partial charge in [0.1, 0.15) is 5.75 Å². The Labute approximate surface area is 166 Å². The van der Waals surface area contributed by atoms with Crippen molar-refractivity contribution in [3.63, 3.8) is 0 Å². The van der Waals surface area contributed by atoms with Crippen molar-refractivity contribution in [3.8, 4) is 5.75 Å². The Morgan fingerprint density at radius 2 is 1.64 bits per heavy atom. The molecule has 0 spiro atoms. The van der Waals surface area contributed by atoms with Gasteiger partial charge in [-0.3, -0.25) is 4.79 Å². The molecule has 1 heterocycles. The van der Waals surface area contributed by atoms with Gasteiger partial charge in [0.15, 0.2) is 0 Å². The fourth-order valence-electron chi connectivity index (χ4n) is 3.65. The molecule has 0 bridgehead atoms. The monoisotopic (exact) mass is 402 g/mol. The lowest BCUT2D eigenvalue weighted by molar-refractivity contribution is -0.120. The molecule has 6 nitrogen and oxygen atoms in total. The molecule has 1 fully saturated rings. The van der Waals surface area contributed by atoms with Gasteiger partial charge in [-0.25, -0.2) is 8.42 Å². The maximum Gasteiger partial charge on any atom is 0.243 e. The maximum absolute atomic E-state index is 13.0. The van der Waals surface area contributed by atoms with E-state index in [1.54, 1.807) is 19.2 Å². The van der Waals surface area contributed by atoms with Gasteiger partial charge in [-0.2, -0.15) is 4.31 Å². The lowest BCUT2D eigenvalue weighted by Crippen LogP contribution is -2.41. The van der Waals surface area contributed by atoms with Crippen molar-refractivity contribution in [1.82, 2.24) is 4.31 Å². The van der Waals surface area contributed by atoms with Crippen LogP contribution in [0.25, 0.3) is 0 Å². The number of nitrogens with one attached hydrogen (secondary N) is 1. The molecule has 2 aromatic carbocycles. The summed E-state index contributed by atoms with van der Waals surface area (Å²) in [6.07, 6.45) is 1.01. The zero-order chi connectivity index (χ0) is 20.3. The number of carbonyl (C=O) groups excluding carboxylic acids is 1. The summed E-state index contributed by atoms with van der Waals surface area (Å²) in [6.45, 7) is 4.34. The molecule has 1 amide bonds. The van der Waals surface area contributed by atoms with Crippen LogP contribution in [0.1, 0.15) is 24.0 Å². The van der Waals surface area contributed by atoms with Crippen molar-refractivity contribution in [3.05, 3.63) is 53.6 Å². The lowest BCUT2D eigenvalue weighted by atomic mass is 9.97. The van der Waals surface area contributed by atoms with E-state index in [4.69, 9.17) is 4.74 Å². The number of nitrogens with zero attached hydrogens (tertiary/aromatic N) is 1. The normalized spacial score (nSPS) is 16.0. The number of para-hydroxylation sites is 1. The Kier molecular flexibility index (Phi) is 6.05. The van der Waals surface area contributed by atoms with Gasteiger partial charge in [0.25, 0.3) is 0 Å². The number of rotatable bonds is 5. The second kappa shape index (κ2) is 8.32. The highest BCUT2D eigenvalue weighted by molar-refractivity contribution is 7.89. The van der Waals surface area contributed by atoms with Crippen LogP contribution in [0.5, 0.6) is 5.75 Å². The van der Waals surface area contributed by atoms with Crippen molar-refractivity contribution in [2.45, 2.75) is 31.6 Å². The van der Waals surface area contributed by atoms with Crippen LogP contribution in [0.3, 0.4) is 0 Å². The molecule has 0 saturated carbocycles. The van der Waals surface area contributed by atoms with E-state index < -0.39 is 10.0 Å². The third kappa shape index (κ3) is 4.20. The van der Waals surface area contributed by atoms with E-state index >= 15 is 0 Å². The zero-order valence-electron chi connectivity index (χ0n) is 16.4. The minimum Gasteiger partial charge on any atom is -0.496 e. The van der Waals surface area contributed by atoms with Crippen LogP contribution in [-0.4, -0.2) is 38.8 Å². The van der Waals surface area contributed by atoms with Crippen LogP contribution >= 0.6 is 0 Å². The number of hydrogen-bond donors (Lipinski definition) is 1. The minimum absolute atomic E-state index is 0.0561. The molecule has 28 heavy (non-hydrogen) atoms. The molecule has 7 heteroatoms. The minimum atomic E-state index is -3.59. The number of hydrogen-bond acceptors (Lipinski definition) is 4. The smallest absolute Gasteiger partial charge is 0.243 e. The predicted molar refractivity (Wildman–Crippen MR) is 109 cm³/mol. The first kappa shape index (κ1) is 20.4. The number of aryl methyl sites for hydroxylation is 2. The Balaban J connectivity index is 1.68. The van der Waals surface area contributed by atoms with Crippen molar-refractivity contribution >= 4 is 21.6 Å². The van der Waals surface area contributed by atoms with Gasteiger partial charge in [0.05, 0.1) is 12.0 Å². The largest absolute Gasteiger partial charge is 0.496 e. The van der Waals surface area contributed by atoms with Gasteiger partial charge in [-0.15, -0.1) is 0 Å². The quantitative estimate of drug-likeness (QED) is 0.832. The van der Waals surface area contributed by atoms with E-state index in [0.717, 1.165) is 16.8 Å². The molecule has 1 saturated heterocycles. The van der Waals surface area contributed by atoms with Crippen LogP contribution in [0.15, 0.2) is 47.4 Å². The Morgan fingerprint density at radius 3 is 2.18 bits per heavy atom. The molecule has 0 atom stereocenters. The summed E-state index contributed by atoms with van der Waals surface area (Å²) >= 11 is 0. The van der Waals surface area contributed by atoms with Crippen molar-refractivity contribution in [2.24, 2.45) is 5.92 Å². The summed E-state index contributed by atoms with van der Waals surface area (Å²) in [5.74, 6) is 0.459. The highest BCUT2D eigenvalue weighted by Crippen LogP contribution is 2.30. The number of methoxy groups -OCH3 is 1. The molecule has 0 aromatic heterocycles. The highest BCUT2D eigenvalue weighted by Gasteiger charge is 2.32. The molecular weight excluding hydrogens is 376 g/mol. The molecule has 2 aromatic rings. The molecule has 1 aliphatic heterocycles. The standard InChI is InChI=1S/C21H26N2O4S/c1-15-13-19(14-16(2)20(15)27-3)28(25,26)23-11-9-17(10-12-23)21(24)22-18-7-5-4-6-8-18/h4-8,13-14,17H,9-12H2,1-3H3,(H,22,24). The average molecular weight is 403 g/mol. The topological polar surface area (TPSA) is 75.7 Å². The summed E-state index contributed by atoms with van der Waals surface area (Å²) in [5.41, 5.74) is 2.34. The Morgan fingerprint density at radius 1 is 1.07 bits per heavy atom. The van der Waals surface area contributed by atoms with Crippen molar-refractivity contribution in [1.29, 1.82) is 0 Å². The van der Waals surface area contributed by atoms with Gasteiger partial charge < -0.3 is 10.1 Å². The fraction of sp³-hybridized carbons (Fsp3) is 0.381. The average Bonchev–Trinajstić information content (AvgIpc) is 2.68. The Bertz CT molecular complexity index is 927. The van der Waals surface area contributed by atoms with Crippen LogP contribution in [0.4, 0.5) is 5.69 Å². The third-order valence-corrected chi connectivity index (χ3v) is 7.02. The molecule has 0 radical (unpaired) electrons. The fourth-order valence-corrected chi connectivity index (χ4v) is 5.30. The number of carbonyl (C=O) groups is 1. The van der Waals surface area contributed by atoms with Gasteiger partial charge in [-0.1, -0.05) is 18.2 Å². The molecule has 150 valence electrons. The lowest BCUT2D eigenvalue weighted by Gasteiger charge is -2.30. The van der Waals surface area contributed by atoms with Crippen LogP contribution in [0.2, 0.25) is 0 Å². The number of anilines is 1. The van der Waals surface area contributed by atoms with Crippen LogP contribution in [0, 0.1) is 19.8 Å².